The Morgan fingerprint density at radius 1 is 1.38 bits per heavy atom. The Hall–Kier alpha value is -2.19. The quantitative estimate of drug-likeness (QED) is 0.650. The van der Waals surface area contributed by atoms with Gasteiger partial charge < -0.3 is 15.7 Å². The lowest BCUT2D eigenvalue weighted by atomic mass is 10.2. The number of aliphatic carboxylic acids is 1. The van der Waals surface area contributed by atoms with Gasteiger partial charge in [0.2, 0.25) is 11.8 Å². The summed E-state index contributed by atoms with van der Waals surface area (Å²) in [4.78, 5) is 35.4. The normalized spacial score (nSPS) is 11.9. The molecule has 0 aliphatic rings. The molecule has 3 N–H and O–H groups in total. The fourth-order valence-corrected chi connectivity index (χ4v) is 2.08. The van der Waals surface area contributed by atoms with E-state index in [-0.39, 0.29) is 36.3 Å². The minimum absolute atomic E-state index is 0.0858. The Bertz CT molecular complexity index is 627. The second kappa shape index (κ2) is 9.19. The Labute approximate surface area is 143 Å². The molecule has 0 radical (unpaired) electrons. The molecule has 0 saturated heterocycles. The van der Waals surface area contributed by atoms with Crippen molar-refractivity contribution in [3.8, 4) is 0 Å². The van der Waals surface area contributed by atoms with Gasteiger partial charge in [0, 0.05) is 25.0 Å². The van der Waals surface area contributed by atoms with Crippen LogP contribution in [0.1, 0.15) is 13.8 Å². The van der Waals surface area contributed by atoms with E-state index < -0.39 is 23.7 Å². The highest BCUT2D eigenvalue weighted by Crippen LogP contribution is 2.19. The van der Waals surface area contributed by atoms with E-state index in [1.807, 2.05) is 0 Å². The summed E-state index contributed by atoms with van der Waals surface area (Å²) in [5, 5.41) is 14.2. The molecule has 0 aliphatic heterocycles. The molecule has 0 heterocycles. The van der Waals surface area contributed by atoms with E-state index in [1.165, 1.54) is 30.9 Å². The molecule has 0 spiro atoms. The second-order valence-electron chi connectivity index (χ2n) is 5.14. The predicted molar refractivity (Wildman–Crippen MR) is 87.4 cm³/mol. The van der Waals surface area contributed by atoms with Crippen molar-refractivity contribution in [1.29, 1.82) is 0 Å². The van der Waals surface area contributed by atoms with Crippen molar-refractivity contribution in [1.82, 2.24) is 10.2 Å². The van der Waals surface area contributed by atoms with Crippen LogP contribution in [-0.4, -0.2) is 53.5 Å². The number of nitrogens with one attached hydrogen (secondary N) is 2. The van der Waals surface area contributed by atoms with E-state index >= 15 is 0 Å². The molecule has 1 aromatic carbocycles. The van der Waals surface area contributed by atoms with Crippen LogP contribution in [0.3, 0.4) is 0 Å². The van der Waals surface area contributed by atoms with Crippen molar-refractivity contribution in [2.75, 3.05) is 25.0 Å². The molecule has 1 rings (SSSR count). The zero-order valence-electron chi connectivity index (χ0n) is 13.3. The number of carbonyl (C=O) groups is 3. The monoisotopic (exact) mass is 359 g/mol. The summed E-state index contributed by atoms with van der Waals surface area (Å²) in [6, 6.07) is 2.77. The molecule has 0 bridgehead atoms. The largest absolute Gasteiger partial charge is 0.480 e. The fourth-order valence-electron chi connectivity index (χ4n) is 1.91. The van der Waals surface area contributed by atoms with Gasteiger partial charge >= 0.3 is 5.97 Å². The van der Waals surface area contributed by atoms with E-state index in [4.69, 9.17) is 16.7 Å². The van der Waals surface area contributed by atoms with E-state index in [1.54, 1.807) is 0 Å². The lowest BCUT2D eigenvalue weighted by Crippen LogP contribution is -2.46. The van der Waals surface area contributed by atoms with E-state index in [0.29, 0.717) is 0 Å². The molecule has 0 aliphatic carbocycles. The summed E-state index contributed by atoms with van der Waals surface area (Å²) in [5.74, 6) is -2.61. The van der Waals surface area contributed by atoms with Crippen LogP contribution < -0.4 is 10.6 Å². The average molecular weight is 360 g/mol. The number of anilines is 1. The average Bonchev–Trinajstić information content (AvgIpc) is 2.48. The van der Waals surface area contributed by atoms with Gasteiger partial charge in [-0.3, -0.25) is 19.3 Å². The van der Waals surface area contributed by atoms with Crippen LogP contribution >= 0.6 is 11.6 Å². The molecule has 1 aromatic rings. The maximum Gasteiger partial charge on any atom is 0.320 e. The molecule has 0 fully saturated rings. The number of nitrogens with zero attached hydrogens (tertiary/aromatic N) is 1. The van der Waals surface area contributed by atoms with Crippen LogP contribution in [0.25, 0.3) is 0 Å². The van der Waals surface area contributed by atoms with Crippen molar-refractivity contribution >= 4 is 35.1 Å². The first-order chi connectivity index (χ1) is 11.2. The minimum Gasteiger partial charge on any atom is -0.480 e. The summed E-state index contributed by atoms with van der Waals surface area (Å²) in [7, 11) is 0. The molecule has 24 heavy (non-hydrogen) atoms. The third-order valence-corrected chi connectivity index (χ3v) is 3.46. The second-order valence-corrected chi connectivity index (χ2v) is 5.58. The highest BCUT2D eigenvalue weighted by Gasteiger charge is 2.23. The number of carboxylic acid groups (broad SMARTS) is 1. The molecule has 2 amide bonds. The number of carbonyl (C=O) groups excluding carboxylic acids is 2. The summed E-state index contributed by atoms with van der Waals surface area (Å²) >= 11 is 5.75. The van der Waals surface area contributed by atoms with Gasteiger partial charge in [-0.25, -0.2) is 4.39 Å². The van der Waals surface area contributed by atoms with Crippen LogP contribution in [0.2, 0.25) is 5.02 Å². The molecule has 0 saturated carbocycles. The van der Waals surface area contributed by atoms with Gasteiger partial charge in [0.1, 0.15) is 11.9 Å². The van der Waals surface area contributed by atoms with Gasteiger partial charge in [-0.05, 0) is 25.1 Å². The van der Waals surface area contributed by atoms with Crippen molar-refractivity contribution in [2.45, 2.75) is 19.9 Å². The fraction of sp³-hybridized carbons (Fsp3) is 0.400. The first-order valence-electron chi connectivity index (χ1n) is 7.17. The SMILES string of the molecule is CC(=O)NCCN(CC(=O)Nc1cc(Cl)ccc1F)C(C)C(=O)O. The summed E-state index contributed by atoms with van der Waals surface area (Å²) < 4.78 is 13.6. The third kappa shape index (κ3) is 6.51. The van der Waals surface area contributed by atoms with Gasteiger partial charge in [-0.2, -0.15) is 0 Å². The number of carboxylic acids is 1. The van der Waals surface area contributed by atoms with E-state index in [0.717, 1.165) is 6.07 Å². The van der Waals surface area contributed by atoms with Crippen LogP contribution in [0.15, 0.2) is 18.2 Å². The highest BCUT2D eigenvalue weighted by molar-refractivity contribution is 6.30. The first-order valence-corrected chi connectivity index (χ1v) is 7.54. The Kier molecular flexibility index (Phi) is 7.60. The molecule has 132 valence electrons. The molecular formula is C15H19ClFN3O4. The zero-order chi connectivity index (χ0) is 18.3. The first kappa shape index (κ1) is 19.9. The number of halogens is 2. The van der Waals surface area contributed by atoms with Crippen molar-refractivity contribution < 1.29 is 23.9 Å². The van der Waals surface area contributed by atoms with Crippen molar-refractivity contribution in [2.24, 2.45) is 0 Å². The van der Waals surface area contributed by atoms with Gasteiger partial charge in [0.15, 0.2) is 0 Å². The standard InChI is InChI=1S/C15H19ClFN3O4/c1-9(15(23)24)20(6-5-18-10(2)21)8-14(22)19-13-7-11(16)3-4-12(13)17/h3-4,7,9H,5-6,8H2,1-2H3,(H,18,21)(H,19,22)(H,23,24). The topological polar surface area (TPSA) is 98.7 Å². The maximum atomic E-state index is 13.6. The lowest BCUT2D eigenvalue weighted by molar-refractivity contribution is -0.142. The summed E-state index contributed by atoms with van der Waals surface area (Å²) in [6.45, 7) is 2.81. The molecule has 7 nitrogen and oxygen atoms in total. The molecule has 9 heteroatoms. The van der Waals surface area contributed by atoms with Gasteiger partial charge in [0.05, 0.1) is 12.2 Å². The number of benzene rings is 1. The van der Waals surface area contributed by atoms with Gasteiger partial charge in [0.25, 0.3) is 0 Å². The summed E-state index contributed by atoms with van der Waals surface area (Å²) in [6.07, 6.45) is 0. The van der Waals surface area contributed by atoms with Crippen molar-refractivity contribution in [3.05, 3.63) is 29.0 Å². The highest BCUT2D eigenvalue weighted by atomic mass is 35.5. The van der Waals surface area contributed by atoms with E-state index in [9.17, 15) is 18.8 Å². The molecule has 1 atom stereocenters. The molecule has 0 aromatic heterocycles. The predicted octanol–water partition coefficient (Wildman–Crippen LogP) is 1.33. The van der Waals surface area contributed by atoms with Crippen LogP contribution in [-0.2, 0) is 14.4 Å². The van der Waals surface area contributed by atoms with Gasteiger partial charge in [-0.15, -0.1) is 0 Å². The zero-order valence-corrected chi connectivity index (χ0v) is 14.1. The maximum absolute atomic E-state index is 13.6. The Morgan fingerprint density at radius 3 is 2.62 bits per heavy atom. The van der Waals surface area contributed by atoms with Crippen LogP contribution in [0.5, 0.6) is 0 Å². The number of hydrogen-bond acceptors (Lipinski definition) is 4. The lowest BCUT2D eigenvalue weighted by Gasteiger charge is -2.25. The smallest absolute Gasteiger partial charge is 0.320 e. The van der Waals surface area contributed by atoms with Crippen molar-refractivity contribution in [3.63, 3.8) is 0 Å². The summed E-state index contributed by atoms with van der Waals surface area (Å²) in [5.41, 5.74) is -0.0858. The number of rotatable bonds is 8. The minimum atomic E-state index is -1.11. The van der Waals surface area contributed by atoms with Crippen LogP contribution in [0.4, 0.5) is 10.1 Å². The van der Waals surface area contributed by atoms with Crippen LogP contribution in [0, 0.1) is 5.82 Å². The molecule has 1 unspecified atom stereocenters. The Morgan fingerprint density at radius 2 is 2.04 bits per heavy atom. The number of hydrogen-bond donors (Lipinski definition) is 3. The third-order valence-electron chi connectivity index (χ3n) is 3.23. The van der Waals surface area contributed by atoms with Gasteiger partial charge in [-0.1, -0.05) is 11.6 Å². The number of amides is 2. The molecular weight excluding hydrogens is 341 g/mol. The van der Waals surface area contributed by atoms with E-state index in [2.05, 4.69) is 10.6 Å². The Balaban J connectivity index is 2.73.